The number of rotatable bonds is 4. The Morgan fingerprint density at radius 1 is 1.17 bits per heavy atom. The van der Waals surface area contributed by atoms with Crippen molar-refractivity contribution in [2.24, 2.45) is 0 Å². The molecule has 4 heteroatoms. The lowest BCUT2D eigenvalue weighted by atomic mass is 10.1. The van der Waals surface area contributed by atoms with Gasteiger partial charge in [0.25, 0.3) is 0 Å². The van der Waals surface area contributed by atoms with E-state index in [-0.39, 0.29) is 0 Å². The van der Waals surface area contributed by atoms with Gasteiger partial charge in [-0.1, -0.05) is 34.1 Å². The van der Waals surface area contributed by atoms with Crippen LogP contribution in [-0.4, -0.2) is 5.11 Å². The molecule has 0 amide bonds. The summed E-state index contributed by atoms with van der Waals surface area (Å²) in [5.74, 6) is 0.304. The maximum Gasteiger partial charge on any atom is 0.120 e. The van der Waals surface area contributed by atoms with Crippen LogP contribution >= 0.6 is 15.9 Å². The molecule has 3 nitrogen and oxygen atoms in total. The Balaban J connectivity index is 1.97. The lowest BCUT2D eigenvalue weighted by Gasteiger charge is -2.11. The number of halogens is 1. The van der Waals surface area contributed by atoms with Crippen LogP contribution in [0.25, 0.3) is 0 Å². The van der Waals surface area contributed by atoms with Crippen LogP contribution in [0.1, 0.15) is 11.1 Å². The molecule has 2 aromatic rings. The minimum atomic E-state index is 0.304. The molecule has 2 rings (SSSR count). The Hall–Kier alpha value is -1.52. The van der Waals surface area contributed by atoms with E-state index in [1.165, 1.54) is 0 Å². The molecule has 0 aliphatic rings. The third-order valence-electron chi connectivity index (χ3n) is 2.65. The van der Waals surface area contributed by atoms with Crippen molar-refractivity contribution in [3.8, 4) is 5.75 Å². The van der Waals surface area contributed by atoms with E-state index < -0.39 is 0 Å². The molecular formula is C14H15BrN2O. The first-order valence-corrected chi connectivity index (χ1v) is 6.48. The van der Waals surface area contributed by atoms with Crippen molar-refractivity contribution in [3.05, 3.63) is 58.1 Å². The van der Waals surface area contributed by atoms with Crippen molar-refractivity contribution < 1.29 is 5.11 Å². The third-order valence-corrected chi connectivity index (χ3v) is 3.50. The number of hydrazine groups is 1. The molecule has 0 bridgehead atoms. The number of nitrogens with one attached hydrogen (secondary N) is 2. The lowest BCUT2D eigenvalue weighted by Crippen LogP contribution is -2.20. The van der Waals surface area contributed by atoms with Gasteiger partial charge in [-0.05, 0) is 36.8 Å². The monoisotopic (exact) mass is 306 g/mol. The van der Waals surface area contributed by atoms with Gasteiger partial charge in [0.15, 0.2) is 0 Å². The molecule has 0 unspecified atom stereocenters. The van der Waals surface area contributed by atoms with Crippen LogP contribution in [0.2, 0.25) is 0 Å². The summed E-state index contributed by atoms with van der Waals surface area (Å²) in [4.78, 5) is 0. The standard InChI is InChI=1S/C14H15BrN2O/c1-10-7-14(18)11(8-13(10)15)9-16-17-12-5-3-2-4-6-12/h2-8,16-18H,9H2,1H3. The summed E-state index contributed by atoms with van der Waals surface area (Å²) < 4.78 is 0.997. The molecule has 0 radical (unpaired) electrons. The highest BCUT2D eigenvalue weighted by Crippen LogP contribution is 2.25. The molecule has 0 saturated heterocycles. The second kappa shape index (κ2) is 5.89. The molecule has 0 aliphatic heterocycles. The van der Waals surface area contributed by atoms with E-state index in [4.69, 9.17) is 0 Å². The van der Waals surface area contributed by atoms with E-state index >= 15 is 0 Å². The number of phenolic OH excluding ortho intramolecular Hbond substituents is 1. The van der Waals surface area contributed by atoms with E-state index in [9.17, 15) is 5.11 Å². The summed E-state index contributed by atoms with van der Waals surface area (Å²) >= 11 is 3.46. The molecule has 0 saturated carbocycles. The normalized spacial score (nSPS) is 10.3. The smallest absolute Gasteiger partial charge is 0.120 e. The van der Waals surface area contributed by atoms with E-state index in [1.807, 2.05) is 43.3 Å². The van der Waals surface area contributed by atoms with Gasteiger partial charge in [0.05, 0.1) is 0 Å². The average molecular weight is 307 g/mol. The molecule has 0 fully saturated rings. The number of aromatic hydroxyl groups is 1. The topological polar surface area (TPSA) is 44.3 Å². The zero-order valence-corrected chi connectivity index (χ0v) is 11.7. The lowest BCUT2D eigenvalue weighted by molar-refractivity contribution is 0.465. The zero-order chi connectivity index (χ0) is 13.0. The Morgan fingerprint density at radius 2 is 1.89 bits per heavy atom. The van der Waals surface area contributed by atoms with Crippen molar-refractivity contribution in [3.63, 3.8) is 0 Å². The van der Waals surface area contributed by atoms with Crippen LogP contribution in [0.3, 0.4) is 0 Å². The van der Waals surface area contributed by atoms with Crippen molar-refractivity contribution in [2.45, 2.75) is 13.5 Å². The minimum Gasteiger partial charge on any atom is -0.508 e. The Kier molecular flexibility index (Phi) is 4.23. The Morgan fingerprint density at radius 3 is 2.61 bits per heavy atom. The average Bonchev–Trinajstić information content (AvgIpc) is 2.37. The predicted molar refractivity (Wildman–Crippen MR) is 77.4 cm³/mol. The van der Waals surface area contributed by atoms with Gasteiger partial charge in [0, 0.05) is 22.3 Å². The number of phenols is 1. The molecule has 18 heavy (non-hydrogen) atoms. The fraction of sp³-hybridized carbons (Fsp3) is 0.143. The number of aryl methyl sites for hydroxylation is 1. The second-order valence-electron chi connectivity index (χ2n) is 4.07. The van der Waals surface area contributed by atoms with Crippen LogP contribution in [0.15, 0.2) is 46.9 Å². The summed E-state index contributed by atoms with van der Waals surface area (Å²) in [6.07, 6.45) is 0. The predicted octanol–water partition coefficient (Wildman–Crippen LogP) is 3.58. The van der Waals surface area contributed by atoms with Crippen LogP contribution in [0, 0.1) is 6.92 Å². The van der Waals surface area contributed by atoms with Gasteiger partial charge in [-0.3, -0.25) is 0 Å². The third kappa shape index (κ3) is 3.24. The van der Waals surface area contributed by atoms with Crippen molar-refractivity contribution in [1.29, 1.82) is 0 Å². The number of hydrogen-bond acceptors (Lipinski definition) is 3. The van der Waals surface area contributed by atoms with Gasteiger partial charge >= 0.3 is 0 Å². The van der Waals surface area contributed by atoms with E-state index in [0.29, 0.717) is 12.3 Å². The summed E-state index contributed by atoms with van der Waals surface area (Å²) in [7, 11) is 0. The quantitative estimate of drug-likeness (QED) is 0.757. The highest BCUT2D eigenvalue weighted by molar-refractivity contribution is 9.10. The summed E-state index contributed by atoms with van der Waals surface area (Å²) in [5, 5.41) is 9.82. The van der Waals surface area contributed by atoms with Gasteiger partial charge in [-0.15, -0.1) is 0 Å². The zero-order valence-electron chi connectivity index (χ0n) is 10.1. The number of hydrogen-bond donors (Lipinski definition) is 3. The molecule has 2 aromatic carbocycles. The van der Waals surface area contributed by atoms with Crippen molar-refractivity contribution >= 4 is 21.6 Å². The molecule has 0 spiro atoms. The molecule has 94 valence electrons. The van der Waals surface area contributed by atoms with Gasteiger partial charge < -0.3 is 10.5 Å². The molecule has 0 atom stereocenters. The highest BCUT2D eigenvalue weighted by atomic mass is 79.9. The van der Waals surface area contributed by atoms with Crippen LogP contribution in [-0.2, 0) is 6.54 Å². The number of para-hydroxylation sites is 1. The Bertz CT molecular complexity index is 529. The van der Waals surface area contributed by atoms with E-state index in [0.717, 1.165) is 21.3 Å². The van der Waals surface area contributed by atoms with Gasteiger partial charge in [-0.2, -0.15) is 0 Å². The minimum absolute atomic E-state index is 0.304. The molecule has 0 heterocycles. The first-order valence-electron chi connectivity index (χ1n) is 5.69. The first-order chi connectivity index (χ1) is 8.66. The molecule has 0 aliphatic carbocycles. The second-order valence-corrected chi connectivity index (χ2v) is 4.93. The molecule has 3 N–H and O–H groups in total. The number of benzene rings is 2. The maximum atomic E-state index is 9.82. The summed E-state index contributed by atoms with van der Waals surface area (Å²) in [5.41, 5.74) is 9.01. The fourth-order valence-electron chi connectivity index (χ4n) is 1.61. The van der Waals surface area contributed by atoms with Crippen LogP contribution < -0.4 is 10.9 Å². The van der Waals surface area contributed by atoms with E-state index in [2.05, 4.69) is 26.8 Å². The van der Waals surface area contributed by atoms with Gasteiger partial charge in [0.1, 0.15) is 5.75 Å². The molecule has 0 aromatic heterocycles. The summed E-state index contributed by atoms with van der Waals surface area (Å²) in [6, 6.07) is 13.5. The fourth-order valence-corrected chi connectivity index (χ4v) is 2.00. The number of anilines is 1. The summed E-state index contributed by atoms with van der Waals surface area (Å²) in [6.45, 7) is 2.49. The molecular weight excluding hydrogens is 292 g/mol. The van der Waals surface area contributed by atoms with Gasteiger partial charge in [0.2, 0.25) is 0 Å². The first kappa shape index (κ1) is 12.9. The SMILES string of the molecule is Cc1cc(O)c(CNNc2ccccc2)cc1Br. The van der Waals surface area contributed by atoms with Crippen molar-refractivity contribution in [2.75, 3.05) is 5.43 Å². The highest BCUT2D eigenvalue weighted by Gasteiger charge is 2.04. The van der Waals surface area contributed by atoms with Crippen LogP contribution in [0.4, 0.5) is 5.69 Å². The largest absolute Gasteiger partial charge is 0.508 e. The van der Waals surface area contributed by atoms with Crippen LogP contribution in [0.5, 0.6) is 5.75 Å². The maximum absolute atomic E-state index is 9.82. The van der Waals surface area contributed by atoms with Gasteiger partial charge in [-0.25, -0.2) is 5.43 Å². The van der Waals surface area contributed by atoms with Crippen molar-refractivity contribution in [1.82, 2.24) is 5.43 Å². The Labute approximate surface area is 115 Å². The van der Waals surface area contributed by atoms with E-state index in [1.54, 1.807) is 6.07 Å².